The lowest BCUT2D eigenvalue weighted by molar-refractivity contribution is -0.118. The van der Waals surface area contributed by atoms with E-state index in [4.69, 9.17) is 23.7 Å². The fourth-order valence-corrected chi connectivity index (χ4v) is 3.49. The molecule has 3 aromatic rings. The Morgan fingerprint density at radius 1 is 1.03 bits per heavy atom. The summed E-state index contributed by atoms with van der Waals surface area (Å²) in [4.78, 5) is 25.0. The molecule has 166 valence electrons. The average Bonchev–Trinajstić information content (AvgIpc) is 3.42. The third-order valence-corrected chi connectivity index (χ3v) is 5.09. The maximum Gasteiger partial charge on any atom is 0.262 e. The molecule has 8 nitrogen and oxygen atoms in total. The van der Waals surface area contributed by atoms with Crippen LogP contribution < -0.4 is 29.0 Å². The molecule has 0 spiro atoms. The highest BCUT2D eigenvalue weighted by Gasteiger charge is 2.28. The molecular formula is C25H19NO7. The van der Waals surface area contributed by atoms with Crippen LogP contribution in [0.3, 0.4) is 0 Å². The standard InChI is InChI=1S/C25H19NO7/c1-29-19-5-3-2-4-18(19)26-24(27)13-30-16-7-8-17-21(12-16)33-23(25(17)28)11-15-6-9-20-22(10-15)32-14-31-20/h2-12H,13-14H2,1H3,(H,26,27). The van der Waals surface area contributed by atoms with Crippen molar-refractivity contribution in [2.45, 2.75) is 0 Å². The van der Waals surface area contributed by atoms with Crippen molar-refractivity contribution in [1.82, 2.24) is 0 Å². The van der Waals surface area contributed by atoms with Crippen LogP contribution in [-0.2, 0) is 4.79 Å². The number of ether oxygens (including phenoxy) is 5. The Balaban J connectivity index is 1.25. The van der Waals surface area contributed by atoms with Crippen molar-refractivity contribution >= 4 is 23.5 Å². The molecule has 1 amide bonds. The minimum Gasteiger partial charge on any atom is -0.495 e. The molecule has 1 N–H and O–H groups in total. The van der Waals surface area contributed by atoms with E-state index >= 15 is 0 Å². The summed E-state index contributed by atoms with van der Waals surface area (Å²) in [6.45, 7) is -0.0411. The number of ketones is 1. The highest BCUT2D eigenvalue weighted by molar-refractivity contribution is 6.14. The molecule has 2 aliphatic rings. The van der Waals surface area contributed by atoms with Gasteiger partial charge in [0.2, 0.25) is 12.6 Å². The van der Waals surface area contributed by atoms with Crippen molar-refractivity contribution in [2.24, 2.45) is 0 Å². The lowest BCUT2D eigenvalue weighted by atomic mass is 10.1. The predicted molar refractivity (Wildman–Crippen MR) is 119 cm³/mol. The summed E-state index contributed by atoms with van der Waals surface area (Å²) in [6, 6.07) is 17.3. The molecule has 8 heteroatoms. The Morgan fingerprint density at radius 3 is 2.76 bits per heavy atom. The Kier molecular flexibility index (Phi) is 5.32. The number of rotatable bonds is 6. The maximum absolute atomic E-state index is 12.7. The van der Waals surface area contributed by atoms with E-state index in [-0.39, 0.29) is 30.8 Å². The second-order valence-corrected chi connectivity index (χ2v) is 7.25. The Labute approximate surface area is 189 Å². The molecule has 2 aliphatic heterocycles. The first-order valence-corrected chi connectivity index (χ1v) is 10.1. The Bertz CT molecular complexity index is 1280. The fraction of sp³-hybridized carbons (Fsp3) is 0.120. The van der Waals surface area contributed by atoms with Gasteiger partial charge in [0.1, 0.15) is 17.2 Å². The van der Waals surface area contributed by atoms with Gasteiger partial charge >= 0.3 is 0 Å². The van der Waals surface area contributed by atoms with Crippen LogP contribution in [0.15, 0.2) is 66.4 Å². The third kappa shape index (κ3) is 4.18. The number of allylic oxidation sites excluding steroid dienone is 1. The van der Waals surface area contributed by atoms with Crippen molar-refractivity contribution in [1.29, 1.82) is 0 Å². The molecule has 0 aliphatic carbocycles. The van der Waals surface area contributed by atoms with Crippen molar-refractivity contribution in [2.75, 3.05) is 25.8 Å². The first kappa shape index (κ1) is 20.4. The van der Waals surface area contributed by atoms with Crippen LogP contribution in [-0.4, -0.2) is 32.2 Å². The van der Waals surface area contributed by atoms with Gasteiger partial charge in [-0.05, 0) is 48.0 Å². The van der Waals surface area contributed by atoms with E-state index in [1.807, 2.05) is 12.1 Å². The van der Waals surface area contributed by atoms with E-state index < -0.39 is 0 Å². The lowest BCUT2D eigenvalue weighted by Gasteiger charge is -2.11. The predicted octanol–water partition coefficient (Wildman–Crippen LogP) is 4.06. The van der Waals surface area contributed by atoms with Gasteiger partial charge in [0.25, 0.3) is 5.91 Å². The number of methoxy groups -OCH3 is 1. The molecule has 33 heavy (non-hydrogen) atoms. The van der Waals surface area contributed by atoms with Crippen LogP contribution in [0, 0.1) is 0 Å². The number of Topliss-reactive ketones (excluding diaryl/α,β-unsaturated/α-hetero) is 1. The quantitative estimate of drug-likeness (QED) is 0.572. The van der Waals surface area contributed by atoms with E-state index in [9.17, 15) is 9.59 Å². The summed E-state index contributed by atoms with van der Waals surface area (Å²) >= 11 is 0. The highest BCUT2D eigenvalue weighted by Crippen LogP contribution is 2.37. The molecule has 0 bridgehead atoms. The topological polar surface area (TPSA) is 92.3 Å². The average molecular weight is 445 g/mol. The second kappa shape index (κ2) is 8.58. The fourth-order valence-electron chi connectivity index (χ4n) is 3.49. The lowest BCUT2D eigenvalue weighted by Crippen LogP contribution is -2.20. The van der Waals surface area contributed by atoms with Gasteiger partial charge in [-0.3, -0.25) is 9.59 Å². The normalized spacial score (nSPS) is 14.6. The molecule has 0 atom stereocenters. The zero-order valence-electron chi connectivity index (χ0n) is 17.6. The molecule has 0 unspecified atom stereocenters. The number of carbonyl (C=O) groups is 2. The molecule has 0 aromatic heterocycles. The van der Waals surface area contributed by atoms with Gasteiger partial charge < -0.3 is 29.0 Å². The summed E-state index contributed by atoms with van der Waals surface area (Å²) in [6.07, 6.45) is 1.64. The summed E-state index contributed by atoms with van der Waals surface area (Å²) in [5.41, 5.74) is 1.72. The van der Waals surface area contributed by atoms with Gasteiger partial charge in [0.15, 0.2) is 23.9 Å². The molecule has 3 aromatic carbocycles. The molecule has 2 heterocycles. The number of para-hydroxylation sites is 2. The first-order valence-electron chi connectivity index (χ1n) is 10.1. The van der Waals surface area contributed by atoms with Gasteiger partial charge in [-0.25, -0.2) is 0 Å². The van der Waals surface area contributed by atoms with Crippen LogP contribution in [0.25, 0.3) is 6.08 Å². The minimum absolute atomic E-state index is 0.177. The number of carbonyl (C=O) groups excluding carboxylic acids is 2. The smallest absolute Gasteiger partial charge is 0.262 e. The molecule has 0 saturated heterocycles. The number of nitrogens with one attached hydrogen (secondary N) is 1. The van der Waals surface area contributed by atoms with E-state index in [0.29, 0.717) is 40.0 Å². The number of amides is 1. The number of fused-ring (bicyclic) bond motifs is 2. The van der Waals surface area contributed by atoms with Crippen LogP contribution in [0.4, 0.5) is 5.69 Å². The van der Waals surface area contributed by atoms with E-state index in [1.165, 1.54) is 7.11 Å². The van der Waals surface area contributed by atoms with Gasteiger partial charge in [-0.1, -0.05) is 18.2 Å². The minimum atomic E-state index is -0.347. The van der Waals surface area contributed by atoms with Crippen molar-refractivity contribution in [3.63, 3.8) is 0 Å². The Morgan fingerprint density at radius 2 is 1.88 bits per heavy atom. The zero-order chi connectivity index (χ0) is 22.8. The first-order chi connectivity index (χ1) is 16.1. The number of anilines is 1. The van der Waals surface area contributed by atoms with Crippen LogP contribution >= 0.6 is 0 Å². The van der Waals surface area contributed by atoms with E-state index in [1.54, 1.807) is 54.6 Å². The molecule has 0 fully saturated rings. The van der Waals surface area contributed by atoms with Crippen LogP contribution in [0.1, 0.15) is 15.9 Å². The van der Waals surface area contributed by atoms with Crippen molar-refractivity contribution in [3.8, 4) is 28.7 Å². The summed E-state index contributed by atoms with van der Waals surface area (Å²) in [7, 11) is 1.53. The second-order valence-electron chi connectivity index (χ2n) is 7.25. The van der Waals surface area contributed by atoms with Gasteiger partial charge in [-0.2, -0.15) is 0 Å². The van der Waals surface area contributed by atoms with Crippen molar-refractivity contribution in [3.05, 3.63) is 77.5 Å². The van der Waals surface area contributed by atoms with E-state index in [0.717, 1.165) is 5.56 Å². The molecular weight excluding hydrogens is 426 g/mol. The van der Waals surface area contributed by atoms with Gasteiger partial charge in [0, 0.05) is 6.07 Å². The van der Waals surface area contributed by atoms with Gasteiger partial charge in [0.05, 0.1) is 18.4 Å². The number of hydrogen-bond donors (Lipinski definition) is 1. The molecule has 5 rings (SSSR count). The SMILES string of the molecule is COc1ccccc1NC(=O)COc1ccc2c(c1)OC(=Cc1ccc3c(c1)OCO3)C2=O. The van der Waals surface area contributed by atoms with E-state index in [2.05, 4.69) is 5.32 Å². The summed E-state index contributed by atoms with van der Waals surface area (Å²) in [5, 5.41) is 2.74. The van der Waals surface area contributed by atoms with Crippen LogP contribution in [0.5, 0.6) is 28.7 Å². The zero-order valence-corrected chi connectivity index (χ0v) is 17.6. The molecule has 0 saturated carbocycles. The van der Waals surface area contributed by atoms with Gasteiger partial charge in [-0.15, -0.1) is 0 Å². The monoisotopic (exact) mass is 445 g/mol. The van der Waals surface area contributed by atoms with Crippen molar-refractivity contribution < 1.29 is 33.3 Å². The Hall–Kier alpha value is -4.46. The number of benzene rings is 3. The molecule has 0 radical (unpaired) electrons. The van der Waals surface area contributed by atoms with Crippen LogP contribution in [0.2, 0.25) is 0 Å². The highest BCUT2D eigenvalue weighted by atomic mass is 16.7. The largest absolute Gasteiger partial charge is 0.495 e. The number of hydrogen-bond acceptors (Lipinski definition) is 7. The summed E-state index contributed by atoms with van der Waals surface area (Å²) in [5.74, 6) is 2.22. The maximum atomic E-state index is 12.7. The third-order valence-electron chi connectivity index (χ3n) is 5.09. The summed E-state index contributed by atoms with van der Waals surface area (Å²) < 4.78 is 27.2.